The number of nitrogens with one attached hydrogen (secondary N) is 1. The van der Waals surface area contributed by atoms with Crippen molar-refractivity contribution in [3.63, 3.8) is 0 Å². The molecule has 0 bridgehead atoms. The molecule has 1 N–H and O–H groups in total. The van der Waals surface area contributed by atoms with E-state index in [-0.39, 0.29) is 0 Å². The Labute approximate surface area is 88.8 Å². The van der Waals surface area contributed by atoms with Gasteiger partial charge in [0, 0.05) is 11.4 Å². The Hall–Kier alpha value is -0.960. The van der Waals surface area contributed by atoms with E-state index in [0.29, 0.717) is 6.04 Å². The summed E-state index contributed by atoms with van der Waals surface area (Å²) in [4.78, 5) is 4.47. The molecule has 1 aromatic carbocycles. The van der Waals surface area contributed by atoms with E-state index in [1.165, 1.54) is 5.56 Å². The molecule has 14 heavy (non-hydrogen) atoms. The minimum atomic E-state index is 0.452. The summed E-state index contributed by atoms with van der Waals surface area (Å²) < 4.78 is 0. The molecule has 1 atom stereocenters. The fourth-order valence-corrected chi connectivity index (χ4v) is 2.22. The maximum Gasteiger partial charge on any atom is 0.161 e. The van der Waals surface area contributed by atoms with Gasteiger partial charge >= 0.3 is 0 Å². The van der Waals surface area contributed by atoms with Crippen LogP contribution in [-0.2, 0) is 0 Å². The molecule has 0 aromatic heterocycles. The highest BCUT2D eigenvalue weighted by molar-refractivity contribution is 8.14. The lowest BCUT2D eigenvalue weighted by Crippen LogP contribution is -2.04. The summed E-state index contributed by atoms with van der Waals surface area (Å²) in [6.07, 6.45) is 0. The molecule has 3 heteroatoms. The number of hydrogen-bond donors (Lipinski definition) is 1. The topological polar surface area (TPSA) is 24.4 Å². The zero-order valence-electron chi connectivity index (χ0n) is 8.45. The number of thioether (sulfide) groups is 1. The van der Waals surface area contributed by atoms with Crippen LogP contribution in [0.5, 0.6) is 0 Å². The van der Waals surface area contributed by atoms with Crippen LogP contribution in [0.15, 0.2) is 29.3 Å². The van der Waals surface area contributed by atoms with E-state index >= 15 is 0 Å². The van der Waals surface area contributed by atoms with E-state index in [1.807, 2.05) is 0 Å². The lowest BCUT2D eigenvalue weighted by molar-refractivity contribution is 0.865. The largest absolute Gasteiger partial charge is 0.335 e. The first-order valence-electron chi connectivity index (χ1n) is 4.78. The highest BCUT2D eigenvalue weighted by Gasteiger charge is 2.13. The van der Waals surface area contributed by atoms with E-state index < -0.39 is 0 Å². The fourth-order valence-electron chi connectivity index (χ4n) is 1.30. The number of aliphatic imine (C=N–C) groups is 1. The second-order valence-corrected chi connectivity index (χ2v) is 4.59. The zero-order chi connectivity index (χ0) is 9.97. The number of rotatable bonds is 1. The van der Waals surface area contributed by atoms with Crippen LogP contribution in [0.3, 0.4) is 0 Å². The minimum Gasteiger partial charge on any atom is -0.335 e. The molecule has 2 nitrogen and oxygen atoms in total. The summed E-state index contributed by atoms with van der Waals surface area (Å²) >= 11 is 1.79. The second kappa shape index (κ2) is 4.05. The molecule has 74 valence electrons. The molecule has 0 spiro atoms. The Bertz CT molecular complexity index is 343. The molecule has 0 radical (unpaired) electrons. The van der Waals surface area contributed by atoms with Gasteiger partial charge in [-0.2, -0.15) is 0 Å². The van der Waals surface area contributed by atoms with Crippen LogP contribution in [-0.4, -0.2) is 17.0 Å². The van der Waals surface area contributed by atoms with Crippen molar-refractivity contribution in [1.82, 2.24) is 0 Å². The third-order valence-electron chi connectivity index (χ3n) is 2.10. The van der Waals surface area contributed by atoms with Gasteiger partial charge in [0.05, 0.1) is 6.04 Å². The zero-order valence-corrected chi connectivity index (χ0v) is 9.27. The maximum absolute atomic E-state index is 4.47. The molecule has 0 fully saturated rings. The van der Waals surface area contributed by atoms with Crippen molar-refractivity contribution in [3.8, 4) is 0 Å². The molecule has 0 amide bonds. The van der Waals surface area contributed by atoms with Crippen LogP contribution >= 0.6 is 11.8 Å². The number of anilines is 1. The summed E-state index contributed by atoms with van der Waals surface area (Å²) in [6.45, 7) is 4.23. The van der Waals surface area contributed by atoms with Crippen molar-refractivity contribution in [2.24, 2.45) is 4.99 Å². The number of amidine groups is 1. The summed E-state index contributed by atoms with van der Waals surface area (Å²) in [6, 6.07) is 8.83. The van der Waals surface area contributed by atoms with Crippen LogP contribution in [0.25, 0.3) is 0 Å². The molecule has 1 heterocycles. The van der Waals surface area contributed by atoms with Crippen LogP contribution in [0, 0.1) is 6.92 Å². The smallest absolute Gasteiger partial charge is 0.161 e. The molecular formula is C11H14N2S. The standard InChI is InChI=1S/C11H14N2S/c1-8-3-5-10(6-4-8)13-11-12-9(2)7-14-11/h3-6,9H,7H2,1-2H3,(H,12,13). The second-order valence-electron chi connectivity index (χ2n) is 3.59. The van der Waals surface area contributed by atoms with E-state index in [4.69, 9.17) is 0 Å². The molecule has 1 aliphatic rings. The highest BCUT2D eigenvalue weighted by Crippen LogP contribution is 2.19. The Morgan fingerprint density at radius 1 is 1.36 bits per heavy atom. The van der Waals surface area contributed by atoms with Gasteiger partial charge in [-0.25, -0.2) is 0 Å². The van der Waals surface area contributed by atoms with Gasteiger partial charge in [-0.1, -0.05) is 29.5 Å². The van der Waals surface area contributed by atoms with Crippen molar-refractivity contribution in [3.05, 3.63) is 29.8 Å². The normalized spacial score (nSPS) is 20.7. The predicted octanol–water partition coefficient (Wildman–Crippen LogP) is 2.90. The average Bonchev–Trinajstić information content (AvgIpc) is 2.56. The van der Waals surface area contributed by atoms with Gasteiger partial charge in [0.25, 0.3) is 0 Å². The van der Waals surface area contributed by atoms with Crippen molar-refractivity contribution >= 4 is 22.6 Å². The lowest BCUT2D eigenvalue weighted by atomic mass is 10.2. The third-order valence-corrected chi connectivity index (χ3v) is 3.23. The van der Waals surface area contributed by atoms with Gasteiger partial charge in [-0.3, -0.25) is 4.99 Å². The first kappa shape index (κ1) is 9.59. The first-order chi connectivity index (χ1) is 6.74. The van der Waals surface area contributed by atoms with Crippen LogP contribution in [0.4, 0.5) is 5.69 Å². The molecule has 2 rings (SSSR count). The quantitative estimate of drug-likeness (QED) is 0.764. The number of benzene rings is 1. The molecule has 0 saturated heterocycles. The van der Waals surface area contributed by atoms with Gasteiger partial charge < -0.3 is 5.32 Å². The Morgan fingerprint density at radius 3 is 2.64 bits per heavy atom. The van der Waals surface area contributed by atoms with E-state index in [0.717, 1.165) is 16.6 Å². The molecule has 1 unspecified atom stereocenters. The molecule has 1 aliphatic heterocycles. The minimum absolute atomic E-state index is 0.452. The lowest BCUT2D eigenvalue weighted by Gasteiger charge is -2.04. The van der Waals surface area contributed by atoms with E-state index in [1.54, 1.807) is 11.8 Å². The third kappa shape index (κ3) is 2.29. The van der Waals surface area contributed by atoms with Gasteiger partial charge in [0.1, 0.15) is 0 Å². The monoisotopic (exact) mass is 206 g/mol. The Kier molecular flexibility index (Phi) is 2.77. The van der Waals surface area contributed by atoms with Crippen LogP contribution in [0.2, 0.25) is 0 Å². The molecule has 0 saturated carbocycles. The Balaban J connectivity index is 2.04. The summed E-state index contributed by atoms with van der Waals surface area (Å²) in [5.41, 5.74) is 2.40. The van der Waals surface area contributed by atoms with E-state index in [9.17, 15) is 0 Å². The average molecular weight is 206 g/mol. The van der Waals surface area contributed by atoms with E-state index in [2.05, 4.69) is 48.4 Å². The van der Waals surface area contributed by atoms with Gasteiger partial charge in [0.15, 0.2) is 5.17 Å². The van der Waals surface area contributed by atoms with Gasteiger partial charge in [-0.05, 0) is 26.0 Å². The number of nitrogens with zero attached hydrogens (tertiary/aromatic N) is 1. The molecular weight excluding hydrogens is 192 g/mol. The molecule has 0 aliphatic carbocycles. The fraction of sp³-hybridized carbons (Fsp3) is 0.364. The van der Waals surface area contributed by atoms with Gasteiger partial charge in [-0.15, -0.1) is 0 Å². The Morgan fingerprint density at radius 2 is 2.07 bits per heavy atom. The van der Waals surface area contributed by atoms with Crippen molar-refractivity contribution in [2.75, 3.05) is 11.1 Å². The highest BCUT2D eigenvalue weighted by atomic mass is 32.2. The first-order valence-corrected chi connectivity index (χ1v) is 5.77. The predicted molar refractivity (Wildman–Crippen MR) is 64.2 cm³/mol. The van der Waals surface area contributed by atoms with Crippen molar-refractivity contribution < 1.29 is 0 Å². The van der Waals surface area contributed by atoms with Gasteiger partial charge in [0.2, 0.25) is 0 Å². The van der Waals surface area contributed by atoms with Crippen molar-refractivity contribution in [2.45, 2.75) is 19.9 Å². The number of hydrogen-bond acceptors (Lipinski definition) is 3. The SMILES string of the molecule is Cc1ccc(NC2=NC(C)CS2)cc1. The van der Waals surface area contributed by atoms with Crippen LogP contribution in [0.1, 0.15) is 12.5 Å². The molecule has 1 aromatic rings. The summed E-state index contributed by atoms with van der Waals surface area (Å²) in [5.74, 6) is 1.09. The summed E-state index contributed by atoms with van der Waals surface area (Å²) in [5, 5.41) is 4.35. The van der Waals surface area contributed by atoms with Crippen LogP contribution < -0.4 is 5.32 Å². The van der Waals surface area contributed by atoms with Crippen molar-refractivity contribution in [1.29, 1.82) is 0 Å². The maximum atomic E-state index is 4.47. The summed E-state index contributed by atoms with van der Waals surface area (Å²) in [7, 11) is 0. The number of aryl methyl sites for hydroxylation is 1.